The lowest BCUT2D eigenvalue weighted by atomic mass is 10.2. The standard InChI is InChI=1S/C16H14ClN3OS/c17-10-6-4-9(5-7-10)8-20-15-13(14(18)19-16(20)21)11-2-1-3-12(11)22-15/h4-7H,1-3,8H2,(H2,18,19,21). The molecule has 1 aliphatic carbocycles. The van der Waals surface area contributed by atoms with Crippen molar-refractivity contribution in [3.05, 3.63) is 55.8 Å². The summed E-state index contributed by atoms with van der Waals surface area (Å²) in [5, 5.41) is 1.66. The van der Waals surface area contributed by atoms with E-state index < -0.39 is 0 Å². The summed E-state index contributed by atoms with van der Waals surface area (Å²) in [6.45, 7) is 0.485. The van der Waals surface area contributed by atoms with Crippen molar-refractivity contribution in [1.82, 2.24) is 9.55 Å². The Morgan fingerprint density at radius 3 is 2.82 bits per heavy atom. The van der Waals surface area contributed by atoms with Gasteiger partial charge >= 0.3 is 5.69 Å². The lowest BCUT2D eigenvalue weighted by molar-refractivity contribution is 0.769. The Hall–Kier alpha value is -1.85. The topological polar surface area (TPSA) is 60.9 Å². The number of hydrogen-bond acceptors (Lipinski definition) is 4. The second-order valence-electron chi connectivity index (χ2n) is 5.53. The van der Waals surface area contributed by atoms with Gasteiger partial charge in [-0.2, -0.15) is 4.98 Å². The van der Waals surface area contributed by atoms with Crippen molar-refractivity contribution >= 4 is 39.0 Å². The van der Waals surface area contributed by atoms with Crippen LogP contribution in [-0.2, 0) is 19.4 Å². The van der Waals surface area contributed by atoms with Crippen LogP contribution >= 0.6 is 22.9 Å². The Morgan fingerprint density at radius 2 is 2.05 bits per heavy atom. The summed E-state index contributed by atoms with van der Waals surface area (Å²) in [5.41, 5.74) is 8.04. The van der Waals surface area contributed by atoms with Crippen LogP contribution in [0.4, 0.5) is 5.82 Å². The van der Waals surface area contributed by atoms with Gasteiger partial charge in [0.05, 0.1) is 11.9 Å². The molecule has 3 aromatic rings. The van der Waals surface area contributed by atoms with E-state index in [9.17, 15) is 4.79 Å². The number of halogens is 1. The van der Waals surface area contributed by atoms with E-state index in [2.05, 4.69) is 4.98 Å². The highest BCUT2D eigenvalue weighted by atomic mass is 35.5. The number of benzene rings is 1. The van der Waals surface area contributed by atoms with Crippen molar-refractivity contribution in [3.63, 3.8) is 0 Å². The maximum absolute atomic E-state index is 12.3. The molecule has 0 atom stereocenters. The lowest BCUT2D eigenvalue weighted by Crippen LogP contribution is -2.24. The first-order chi connectivity index (χ1) is 10.6. The van der Waals surface area contributed by atoms with Crippen LogP contribution in [0.15, 0.2) is 29.1 Å². The zero-order chi connectivity index (χ0) is 15.3. The summed E-state index contributed by atoms with van der Waals surface area (Å²) in [4.78, 5) is 18.6. The summed E-state index contributed by atoms with van der Waals surface area (Å²) >= 11 is 7.60. The summed E-state index contributed by atoms with van der Waals surface area (Å²) in [6.07, 6.45) is 3.26. The largest absolute Gasteiger partial charge is 0.383 e. The molecular weight excluding hydrogens is 318 g/mol. The molecule has 2 heterocycles. The van der Waals surface area contributed by atoms with E-state index in [0.29, 0.717) is 17.4 Å². The molecule has 0 spiro atoms. The van der Waals surface area contributed by atoms with E-state index in [-0.39, 0.29) is 5.69 Å². The van der Waals surface area contributed by atoms with Crippen LogP contribution in [0.25, 0.3) is 10.2 Å². The van der Waals surface area contributed by atoms with Crippen LogP contribution < -0.4 is 11.4 Å². The summed E-state index contributed by atoms with van der Waals surface area (Å²) in [5.74, 6) is 0.367. The molecule has 0 radical (unpaired) electrons. The van der Waals surface area contributed by atoms with Crippen molar-refractivity contribution in [2.24, 2.45) is 0 Å². The van der Waals surface area contributed by atoms with Crippen LogP contribution in [0.1, 0.15) is 22.4 Å². The molecule has 1 aromatic carbocycles. The third-order valence-corrected chi connectivity index (χ3v) is 5.67. The minimum absolute atomic E-state index is 0.292. The molecule has 0 bridgehead atoms. The Bertz CT molecular complexity index is 927. The maximum atomic E-state index is 12.3. The SMILES string of the molecule is Nc1nc(=O)n(Cc2ccc(Cl)cc2)c2sc3c(c12)CCC3. The van der Waals surface area contributed by atoms with E-state index >= 15 is 0 Å². The molecule has 2 aromatic heterocycles. The number of hydrogen-bond donors (Lipinski definition) is 1. The van der Waals surface area contributed by atoms with Crippen molar-refractivity contribution in [1.29, 1.82) is 0 Å². The number of aryl methyl sites for hydroxylation is 2. The minimum Gasteiger partial charge on any atom is -0.383 e. The zero-order valence-corrected chi connectivity index (χ0v) is 13.4. The predicted octanol–water partition coefficient (Wildman–Crippen LogP) is 3.23. The molecule has 0 aliphatic heterocycles. The quantitative estimate of drug-likeness (QED) is 0.784. The Kier molecular flexibility index (Phi) is 3.20. The lowest BCUT2D eigenvalue weighted by Gasteiger charge is -2.09. The van der Waals surface area contributed by atoms with Gasteiger partial charge in [0.25, 0.3) is 0 Å². The van der Waals surface area contributed by atoms with Gasteiger partial charge in [-0.25, -0.2) is 4.79 Å². The molecule has 4 nitrogen and oxygen atoms in total. The molecular formula is C16H14ClN3OS. The Balaban J connectivity index is 1.90. The first kappa shape index (κ1) is 13.8. The molecule has 2 N–H and O–H groups in total. The number of fused-ring (bicyclic) bond motifs is 3. The van der Waals surface area contributed by atoms with Crippen LogP contribution in [0.5, 0.6) is 0 Å². The van der Waals surface area contributed by atoms with Crippen molar-refractivity contribution in [2.45, 2.75) is 25.8 Å². The fourth-order valence-electron chi connectivity index (χ4n) is 3.06. The molecule has 6 heteroatoms. The van der Waals surface area contributed by atoms with Gasteiger partial charge in [-0.15, -0.1) is 11.3 Å². The van der Waals surface area contributed by atoms with Gasteiger partial charge in [0.2, 0.25) is 0 Å². The number of rotatable bonds is 2. The van der Waals surface area contributed by atoms with Gasteiger partial charge in [-0.05, 0) is 42.5 Å². The van der Waals surface area contributed by atoms with E-state index in [0.717, 1.165) is 35.0 Å². The first-order valence-electron chi connectivity index (χ1n) is 7.18. The minimum atomic E-state index is -0.292. The van der Waals surface area contributed by atoms with Crippen LogP contribution in [-0.4, -0.2) is 9.55 Å². The zero-order valence-electron chi connectivity index (χ0n) is 11.8. The molecule has 22 heavy (non-hydrogen) atoms. The van der Waals surface area contributed by atoms with Crippen LogP contribution in [0.3, 0.4) is 0 Å². The van der Waals surface area contributed by atoms with Crippen LogP contribution in [0, 0.1) is 0 Å². The molecule has 4 rings (SSSR count). The Morgan fingerprint density at radius 1 is 1.27 bits per heavy atom. The van der Waals surface area contributed by atoms with Gasteiger partial charge in [-0.1, -0.05) is 23.7 Å². The van der Waals surface area contributed by atoms with Gasteiger partial charge in [-0.3, -0.25) is 4.57 Å². The number of anilines is 1. The fourth-order valence-corrected chi connectivity index (χ4v) is 4.58. The third kappa shape index (κ3) is 2.12. The highest BCUT2D eigenvalue weighted by Gasteiger charge is 2.22. The molecule has 112 valence electrons. The molecule has 0 amide bonds. The fraction of sp³-hybridized carbons (Fsp3) is 0.250. The normalized spacial score (nSPS) is 13.7. The predicted molar refractivity (Wildman–Crippen MR) is 90.9 cm³/mol. The van der Waals surface area contributed by atoms with Gasteiger partial charge in [0, 0.05) is 9.90 Å². The average molecular weight is 332 g/mol. The molecule has 0 saturated heterocycles. The second-order valence-corrected chi connectivity index (χ2v) is 7.05. The third-order valence-electron chi connectivity index (χ3n) is 4.10. The average Bonchev–Trinajstić information content (AvgIpc) is 3.05. The number of nitrogen functional groups attached to an aromatic ring is 1. The van der Waals surface area contributed by atoms with Crippen molar-refractivity contribution in [3.8, 4) is 0 Å². The van der Waals surface area contributed by atoms with E-state index in [1.54, 1.807) is 15.9 Å². The number of aromatic nitrogens is 2. The second kappa shape index (κ2) is 5.11. The molecule has 1 aliphatic rings. The highest BCUT2D eigenvalue weighted by molar-refractivity contribution is 7.19. The maximum Gasteiger partial charge on any atom is 0.350 e. The van der Waals surface area contributed by atoms with Crippen LogP contribution in [0.2, 0.25) is 5.02 Å². The Labute approximate surface area is 136 Å². The molecule has 0 fully saturated rings. The summed E-state index contributed by atoms with van der Waals surface area (Å²) in [6, 6.07) is 7.52. The van der Waals surface area contributed by atoms with Crippen molar-refractivity contribution in [2.75, 3.05) is 5.73 Å². The molecule has 0 unspecified atom stereocenters. The van der Waals surface area contributed by atoms with Gasteiger partial charge in [0.1, 0.15) is 10.6 Å². The number of nitrogens with two attached hydrogens (primary N) is 1. The summed E-state index contributed by atoms with van der Waals surface area (Å²) < 4.78 is 1.72. The smallest absolute Gasteiger partial charge is 0.350 e. The monoisotopic (exact) mass is 331 g/mol. The number of thiophene rings is 1. The van der Waals surface area contributed by atoms with E-state index in [1.165, 1.54) is 10.4 Å². The van der Waals surface area contributed by atoms with E-state index in [1.807, 2.05) is 24.3 Å². The molecule has 0 saturated carbocycles. The van der Waals surface area contributed by atoms with E-state index in [4.69, 9.17) is 17.3 Å². The first-order valence-corrected chi connectivity index (χ1v) is 8.38. The summed E-state index contributed by atoms with van der Waals surface area (Å²) in [7, 11) is 0. The van der Waals surface area contributed by atoms with Gasteiger partial charge < -0.3 is 5.73 Å². The number of nitrogens with zero attached hydrogens (tertiary/aromatic N) is 2. The van der Waals surface area contributed by atoms with Gasteiger partial charge in [0.15, 0.2) is 0 Å². The highest BCUT2D eigenvalue weighted by Crippen LogP contribution is 2.38. The van der Waals surface area contributed by atoms with Crippen molar-refractivity contribution < 1.29 is 0 Å².